The second kappa shape index (κ2) is 4.99. The first-order valence-corrected chi connectivity index (χ1v) is 10.3. The first-order chi connectivity index (χ1) is 11.5. The molecule has 1 spiro atoms. The molecule has 2 fully saturated rings. The zero-order chi connectivity index (χ0) is 18.3. The smallest absolute Gasteiger partial charge is 0.200 e. The number of nitrogens with zero attached hydrogens (tertiary/aromatic N) is 1. The van der Waals surface area contributed by atoms with E-state index in [1.54, 1.807) is 19.1 Å². The SMILES string of the molecule is CC(C)(C)c1nc2ccc(Cl)c(S(=O)(=O)C3(C)CC4(COC4)C3)c2o1. The summed E-state index contributed by atoms with van der Waals surface area (Å²) in [7, 11) is -3.66. The van der Waals surface area contributed by atoms with Crippen molar-refractivity contribution in [3.05, 3.63) is 23.0 Å². The van der Waals surface area contributed by atoms with Gasteiger partial charge in [-0.05, 0) is 31.9 Å². The molecule has 2 aromatic rings. The standard InChI is InChI=1S/C18H22ClNO4S/c1-16(2,3)15-20-12-6-5-11(19)14(13(12)24-15)25(21,22)17(4)7-18(8-17)9-23-10-18/h5-6H,7-10H2,1-4H3. The minimum Gasteiger partial charge on any atom is -0.439 e. The van der Waals surface area contributed by atoms with Gasteiger partial charge >= 0.3 is 0 Å². The fourth-order valence-electron chi connectivity index (χ4n) is 4.08. The number of rotatable bonds is 2. The average molecular weight is 384 g/mol. The lowest BCUT2D eigenvalue weighted by atomic mass is 9.61. The summed E-state index contributed by atoms with van der Waals surface area (Å²) < 4.78 is 37.2. The summed E-state index contributed by atoms with van der Waals surface area (Å²) in [5.41, 5.74) is 0.502. The van der Waals surface area contributed by atoms with E-state index in [-0.39, 0.29) is 26.3 Å². The molecular weight excluding hydrogens is 362 g/mol. The van der Waals surface area contributed by atoms with Crippen molar-refractivity contribution in [3.63, 3.8) is 0 Å². The molecule has 7 heteroatoms. The maximum absolute atomic E-state index is 13.4. The number of hydrogen-bond acceptors (Lipinski definition) is 5. The average Bonchev–Trinajstić information content (AvgIpc) is 2.84. The van der Waals surface area contributed by atoms with Crippen LogP contribution in [0.4, 0.5) is 0 Å². The highest BCUT2D eigenvalue weighted by Gasteiger charge is 2.62. The molecule has 0 unspecified atom stereocenters. The van der Waals surface area contributed by atoms with Gasteiger partial charge in [0.1, 0.15) is 10.4 Å². The molecule has 1 aromatic heterocycles. The van der Waals surface area contributed by atoms with Gasteiger partial charge < -0.3 is 9.15 Å². The Morgan fingerprint density at radius 2 is 1.84 bits per heavy atom. The Labute approximate surface area is 152 Å². The van der Waals surface area contributed by atoms with Gasteiger partial charge in [0.2, 0.25) is 5.89 Å². The van der Waals surface area contributed by atoms with Crippen LogP contribution in [0.15, 0.2) is 21.4 Å². The fourth-order valence-corrected chi connectivity index (χ4v) is 6.73. The summed E-state index contributed by atoms with van der Waals surface area (Å²) in [5, 5.41) is 0.191. The van der Waals surface area contributed by atoms with E-state index in [2.05, 4.69) is 4.98 Å². The van der Waals surface area contributed by atoms with Crippen LogP contribution in [-0.2, 0) is 20.0 Å². The zero-order valence-electron chi connectivity index (χ0n) is 14.8. The third-order valence-corrected chi connectivity index (χ3v) is 8.29. The van der Waals surface area contributed by atoms with E-state index in [0.29, 0.717) is 37.5 Å². The van der Waals surface area contributed by atoms with Crippen molar-refractivity contribution in [2.45, 2.75) is 55.6 Å². The number of halogens is 1. The number of aromatic nitrogens is 1. The molecule has 1 saturated heterocycles. The summed E-state index contributed by atoms with van der Waals surface area (Å²) in [4.78, 5) is 4.55. The van der Waals surface area contributed by atoms with Gasteiger partial charge in [-0.15, -0.1) is 0 Å². The molecule has 1 aliphatic heterocycles. The van der Waals surface area contributed by atoms with E-state index in [1.165, 1.54) is 0 Å². The summed E-state index contributed by atoms with van der Waals surface area (Å²) in [6.07, 6.45) is 1.19. The summed E-state index contributed by atoms with van der Waals surface area (Å²) >= 11 is 6.33. The van der Waals surface area contributed by atoms with E-state index in [9.17, 15) is 8.42 Å². The minimum absolute atomic E-state index is 0.0280. The molecule has 1 aromatic carbocycles. The molecule has 136 valence electrons. The van der Waals surface area contributed by atoms with Gasteiger partial charge in [0.05, 0.1) is 23.0 Å². The minimum atomic E-state index is -3.66. The van der Waals surface area contributed by atoms with Crippen LogP contribution in [0.3, 0.4) is 0 Å². The first kappa shape index (κ1) is 17.3. The first-order valence-electron chi connectivity index (χ1n) is 8.40. The Morgan fingerprint density at radius 3 is 2.36 bits per heavy atom. The molecule has 0 bridgehead atoms. The monoisotopic (exact) mass is 383 g/mol. The number of ether oxygens (including phenoxy) is 1. The Kier molecular flexibility index (Phi) is 3.45. The lowest BCUT2D eigenvalue weighted by Crippen LogP contribution is -2.62. The van der Waals surface area contributed by atoms with Crippen LogP contribution in [-0.4, -0.2) is 31.4 Å². The van der Waals surface area contributed by atoms with Crippen molar-refractivity contribution in [2.75, 3.05) is 13.2 Å². The topological polar surface area (TPSA) is 69.4 Å². The predicted molar refractivity (Wildman–Crippen MR) is 95.8 cm³/mol. The molecule has 1 saturated carbocycles. The highest BCUT2D eigenvalue weighted by Crippen LogP contribution is 2.58. The third-order valence-electron chi connectivity index (χ3n) is 5.34. The van der Waals surface area contributed by atoms with Gasteiger partial charge in [0.25, 0.3) is 0 Å². The van der Waals surface area contributed by atoms with E-state index >= 15 is 0 Å². The Bertz CT molecular complexity index is 959. The molecule has 0 N–H and O–H groups in total. The van der Waals surface area contributed by atoms with E-state index in [1.807, 2.05) is 20.8 Å². The molecule has 0 amide bonds. The summed E-state index contributed by atoms with van der Waals surface area (Å²) in [6.45, 7) is 9.00. The largest absolute Gasteiger partial charge is 0.439 e. The lowest BCUT2D eigenvalue weighted by molar-refractivity contribution is -0.168. The number of benzene rings is 1. The number of hydrogen-bond donors (Lipinski definition) is 0. The molecular formula is C18H22ClNO4S. The van der Waals surface area contributed by atoms with Gasteiger partial charge in [-0.25, -0.2) is 13.4 Å². The Balaban J connectivity index is 1.85. The molecule has 2 aliphatic rings. The second-order valence-corrected chi connectivity index (χ2v) is 11.6. The van der Waals surface area contributed by atoms with Crippen molar-refractivity contribution in [3.8, 4) is 0 Å². The quantitative estimate of drug-likeness (QED) is 0.780. The van der Waals surface area contributed by atoms with Crippen LogP contribution in [0, 0.1) is 5.41 Å². The molecule has 5 nitrogen and oxygen atoms in total. The van der Waals surface area contributed by atoms with Crippen molar-refractivity contribution >= 4 is 32.5 Å². The fraction of sp³-hybridized carbons (Fsp3) is 0.611. The second-order valence-electron chi connectivity index (χ2n) is 8.79. The van der Waals surface area contributed by atoms with Crippen LogP contribution in [0.25, 0.3) is 11.1 Å². The van der Waals surface area contributed by atoms with Gasteiger partial charge in [-0.1, -0.05) is 32.4 Å². The van der Waals surface area contributed by atoms with E-state index < -0.39 is 14.6 Å². The summed E-state index contributed by atoms with van der Waals surface area (Å²) in [5.74, 6) is 0.504. The van der Waals surface area contributed by atoms with Gasteiger partial charge in [0.15, 0.2) is 15.4 Å². The number of sulfone groups is 1. The van der Waals surface area contributed by atoms with Gasteiger partial charge in [0, 0.05) is 10.8 Å². The normalized spacial score (nSPS) is 22.0. The number of fused-ring (bicyclic) bond motifs is 1. The van der Waals surface area contributed by atoms with Crippen LogP contribution < -0.4 is 0 Å². The molecule has 2 heterocycles. The lowest BCUT2D eigenvalue weighted by Gasteiger charge is -2.58. The van der Waals surface area contributed by atoms with Crippen molar-refractivity contribution in [2.24, 2.45) is 5.41 Å². The van der Waals surface area contributed by atoms with Crippen LogP contribution >= 0.6 is 11.6 Å². The van der Waals surface area contributed by atoms with Crippen LogP contribution in [0.1, 0.15) is 46.4 Å². The molecule has 25 heavy (non-hydrogen) atoms. The van der Waals surface area contributed by atoms with Crippen molar-refractivity contribution in [1.29, 1.82) is 0 Å². The van der Waals surface area contributed by atoms with Crippen molar-refractivity contribution in [1.82, 2.24) is 4.98 Å². The summed E-state index contributed by atoms with van der Waals surface area (Å²) in [6, 6.07) is 3.30. The molecule has 0 atom stereocenters. The highest BCUT2D eigenvalue weighted by molar-refractivity contribution is 7.93. The Morgan fingerprint density at radius 1 is 1.20 bits per heavy atom. The maximum Gasteiger partial charge on any atom is 0.200 e. The predicted octanol–water partition coefficient (Wildman–Crippen LogP) is 4.12. The van der Waals surface area contributed by atoms with Gasteiger partial charge in [-0.2, -0.15) is 0 Å². The highest BCUT2D eigenvalue weighted by atomic mass is 35.5. The zero-order valence-corrected chi connectivity index (χ0v) is 16.4. The van der Waals surface area contributed by atoms with Crippen LogP contribution in [0.5, 0.6) is 0 Å². The van der Waals surface area contributed by atoms with E-state index in [0.717, 1.165) is 0 Å². The Hall–Kier alpha value is -1.11. The third kappa shape index (κ3) is 2.37. The molecule has 1 aliphatic carbocycles. The maximum atomic E-state index is 13.4. The van der Waals surface area contributed by atoms with E-state index in [4.69, 9.17) is 20.8 Å². The van der Waals surface area contributed by atoms with Gasteiger partial charge in [-0.3, -0.25) is 0 Å². The molecule has 0 radical (unpaired) electrons. The molecule has 4 rings (SSSR count). The number of oxazole rings is 1. The van der Waals surface area contributed by atoms with Crippen molar-refractivity contribution < 1.29 is 17.6 Å². The van der Waals surface area contributed by atoms with Crippen LogP contribution in [0.2, 0.25) is 5.02 Å².